The lowest BCUT2D eigenvalue weighted by Gasteiger charge is -1.99. The number of hydrogen-bond acceptors (Lipinski definition) is 6. The summed E-state index contributed by atoms with van der Waals surface area (Å²) >= 11 is 0. The van der Waals surface area contributed by atoms with Gasteiger partial charge >= 0.3 is 5.63 Å². The number of rotatable bonds is 2. The van der Waals surface area contributed by atoms with Crippen LogP contribution >= 0.6 is 0 Å². The van der Waals surface area contributed by atoms with Crippen LogP contribution in [0.15, 0.2) is 68.2 Å². The molecule has 2 aromatic heterocycles. The number of phenolic OH excluding ortho intramolecular Hbond substituents is 1. The number of hydrogen-bond donors (Lipinski definition) is 1. The number of nitrogens with zero attached hydrogens (tertiary/aromatic N) is 2. The third-order valence-corrected chi connectivity index (χ3v) is 3.43. The average molecular weight is 306 g/mol. The molecule has 0 radical (unpaired) electrons. The van der Waals surface area contributed by atoms with Gasteiger partial charge < -0.3 is 13.9 Å². The monoisotopic (exact) mass is 306 g/mol. The van der Waals surface area contributed by atoms with Crippen LogP contribution in [-0.4, -0.2) is 15.3 Å². The van der Waals surface area contributed by atoms with E-state index in [1.54, 1.807) is 36.4 Å². The molecule has 0 fully saturated rings. The second-order valence-electron chi connectivity index (χ2n) is 4.91. The van der Waals surface area contributed by atoms with E-state index in [-0.39, 0.29) is 23.1 Å². The van der Waals surface area contributed by atoms with Crippen molar-refractivity contribution in [3.63, 3.8) is 0 Å². The van der Waals surface area contributed by atoms with Crippen LogP contribution in [0.5, 0.6) is 5.75 Å². The molecule has 6 nitrogen and oxygen atoms in total. The van der Waals surface area contributed by atoms with Crippen molar-refractivity contribution in [2.75, 3.05) is 0 Å². The average Bonchev–Trinajstić information content (AvgIpc) is 3.04. The smallest absolute Gasteiger partial charge is 0.349 e. The van der Waals surface area contributed by atoms with Crippen LogP contribution in [0, 0.1) is 0 Å². The first-order valence-electron chi connectivity index (χ1n) is 6.87. The summed E-state index contributed by atoms with van der Waals surface area (Å²) in [5.41, 5.74) is 0.507. The van der Waals surface area contributed by atoms with Gasteiger partial charge in [-0.05, 0) is 24.3 Å². The second kappa shape index (κ2) is 5.10. The Hall–Kier alpha value is -3.41. The van der Waals surface area contributed by atoms with Gasteiger partial charge in [0.2, 0.25) is 0 Å². The molecule has 112 valence electrons. The number of benzene rings is 2. The highest BCUT2D eigenvalue weighted by Gasteiger charge is 2.17. The zero-order valence-corrected chi connectivity index (χ0v) is 11.8. The van der Waals surface area contributed by atoms with E-state index in [0.29, 0.717) is 11.1 Å². The van der Waals surface area contributed by atoms with Gasteiger partial charge in [-0.25, -0.2) is 4.79 Å². The Labute approximate surface area is 129 Å². The van der Waals surface area contributed by atoms with Crippen molar-refractivity contribution in [3.8, 4) is 28.7 Å². The summed E-state index contributed by atoms with van der Waals surface area (Å²) in [4.78, 5) is 12.1. The molecule has 2 aromatic carbocycles. The zero-order chi connectivity index (χ0) is 15.8. The van der Waals surface area contributed by atoms with Crippen LogP contribution in [0.25, 0.3) is 33.9 Å². The van der Waals surface area contributed by atoms with Gasteiger partial charge in [-0.15, -0.1) is 10.2 Å². The fourth-order valence-corrected chi connectivity index (χ4v) is 2.31. The number of para-hydroxylation sites is 2. The van der Waals surface area contributed by atoms with Crippen LogP contribution in [0.2, 0.25) is 0 Å². The van der Waals surface area contributed by atoms with E-state index in [1.807, 2.05) is 12.1 Å². The molecule has 0 saturated heterocycles. The number of aromatic nitrogens is 2. The molecule has 0 aliphatic carbocycles. The van der Waals surface area contributed by atoms with Crippen molar-refractivity contribution in [2.24, 2.45) is 0 Å². The van der Waals surface area contributed by atoms with Crippen LogP contribution in [0.4, 0.5) is 0 Å². The molecular formula is C17H10N2O4. The Morgan fingerprint density at radius 1 is 0.826 bits per heavy atom. The lowest BCUT2D eigenvalue weighted by molar-refractivity contribution is 0.473. The summed E-state index contributed by atoms with van der Waals surface area (Å²) in [6, 6.07) is 15.4. The van der Waals surface area contributed by atoms with Gasteiger partial charge in [-0.3, -0.25) is 0 Å². The molecule has 1 N–H and O–H groups in total. The first-order valence-corrected chi connectivity index (χ1v) is 6.87. The molecule has 0 bridgehead atoms. The van der Waals surface area contributed by atoms with Crippen LogP contribution < -0.4 is 5.63 Å². The predicted octanol–water partition coefficient (Wildman–Crippen LogP) is 3.22. The lowest BCUT2D eigenvalue weighted by Crippen LogP contribution is -2.02. The zero-order valence-electron chi connectivity index (χ0n) is 11.8. The normalized spacial score (nSPS) is 11.0. The van der Waals surface area contributed by atoms with E-state index in [9.17, 15) is 9.90 Å². The summed E-state index contributed by atoms with van der Waals surface area (Å²) in [5.74, 6) is 0.196. The van der Waals surface area contributed by atoms with E-state index in [4.69, 9.17) is 8.83 Å². The van der Waals surface area contributed by atoms with Crippen molar-refractivity contribution in [2.45, 2.75) is 0 Å². The predicted molar refractivity (Wildman–Crippen MR) is 82.9 cm³/mol. The third-order valence-electron chi connectivity index (χ3n) is 3.43. The molecule has 0 saturated carbocycles. The molecule has 0 atom stereocenters. The summed E-state index contributed by atoms with van der Waals surface area (Å²) in [7, 11) is 0. The topological polar surface area (TPSA) is 89.4 Å². The van der Waals surface area contributed by atoms with Gasteiger partial charge in [0.05, 0.1) is 5.56 Å². The Morgan fingerprint density at radius 2 is 1.52 bits per heavy atom. The highest BCUT2D eigenvalue weighted by molar-refractivity contribution is 5.80. The SMILES string of the molecule is O=c1oc2ccccc2cc1-c1nnc(-c2ccccc2O)o1. The van der Waals surface area contributed by atoms with Crippen molar-refractivity contribution in [1.29, 1.82) is 0 Å². The van der Waals surface area contributed by atoms with Gasteiger partial charge in [0, 0.05) is 5.39 Å². The summed E-state index contributed by atoms with van der Waals surface area (Å²) < 4.78 is 10.8. The van der Waals surface area contributed by atoms with Gasteiger partial charge in [0.1, 0.15) is 16.9 Å². The Kier molecular flexibility index (Phi) is 2.94. The minimum atomic E-state index is -0.559. The Bertz CT molecular complexity index is 1070. The van der Waals surface area contributed by atoms with E-state index >= 15 is 0 Å². The third kappa shape index (κ3) is 2.26. The largest absolute Gasteiger partial charge is 0.507 e. The Morgan fingerprint density at radius 3 is 2.35 bits per heavy atom. The molecule has 0 unspecified atom stereocenters. The van der Waals surface area contributed by atoms with Crippen LogP contribution in [0.3, 0.4) is 0 Å². The summed E-state index contributed by atoms with van der Waals surface area (Å²) in [6.07, 6.45) is 0. The van der Waals surface area contributed by atoms with E-state index in [1.165, 1.54) is 6.07 Å². The molecule has 2 heterocycles. The van der Waals surface area contributed by atoms with Crippen molar-refractivity contribution < 1.29 is 13.9 Å². The molecule has 6 heteroatoms. The number of phenols is 1. The Balaban J connectivity index is 1.85. The summed E-state index contributed by atoms with van der Waals surface area (Å²) in [5, 5.41) is 18.4. The van der Waals surface area contributed by atoms with Crippen molar-refractivity contribution in [1.82, 2.24) is 10.2 Å². The lowest BCUT2D eigenvalue weighted by atomic mass is 10.2. The molecule has 23 heavy (non-hydrogen) atoms. The van der Waals surface area contributed by atoms with Gasteiger partial charge in [0.15, 0.2) is 0 Å². The van der Waals surface area contributed by atoms with Crippen molar-refractivity contribution in [3.05, 3.63) is 65.0 Å². The van der Waals surface area contributed by atoms with Crippen LogP contribution in [-0.2, 0) is 0 Å². The molecule has 0 spiro atoms. The van der Waals surface area contributed by atoms with E-state index in [0.717, 1.165) is 5.39 Å². The van der Waals surface area contributed by atoms with Gasteiger partial charge in [-0.1, -0.05) is 30.3 Å². The number of aromatic hydroxyl groups is 1. The molecular weight excluding hydrogens is 296 g/mol. The fraction of sp³-hybridized carbons (Fsp3) is 0. The first-order chi connectivity index (χ1) is 11.2. The van der Waals surface area contributed by atoms with Gasteiger partial charge in [-0.2, -0.15) is 0 Å². The van der Waals surface area contributed by atoms with E-state index < -0.39 is 5.63 Å². The van der Waals surface area contributed by atoms with Gasteiger partial charge in [0.25, 0.3) is 11.8 Å². The maximum Gasteiger partial charge on any atom is 0.349 e. The minimum Gasteiger partial charge on any atom is -0.507 e. The van der Waals surface area contributed by atoms with Crippen molar-refractivity contribution >= 4 is 11.0 Å². The molecule has 4 aromatic rings. The molecule has 4 rings (SSSR count). The minimum absolute atomic E-state index is 0.0215. The first kappa shape index (κ1) is 13.3. The van der Waals surface area contributed by atoms with E-state index in [2.05, 4.69) is 10.2 Å². The number of fused-ring (bicyclic) bond motifs is 1. The van der Waals surface area contributed by atoms with Crippen LogP contribution in [0.1, 0.15) is 0 Å². The molecule has 0 aliphatic rings. The molecule has 0 aliphatic heterocycles. The maximum atomic E-state index is 12.1. The standard InChI is InChI=1S/C17H10N2O4/c20-13-7-3-2-6-11(13)15-18-19-16(23-15)12-9-10-5-1-4-8-14(10)22-17(12)21/h1-9,20H. The second-order valence-corrected chi connectivity index (χ2v) is 4.91. The molecule has 0 amide bonds. The maximum absolute atomic E-state index is 12.1. The quantitative estimate of drug-likeness (QED) is 0.572. The highest BCUT2D eigenvalue weighted by Crippen LogP contribution is 2.29. The summed E-state index contributed by atoms with van der Waals surface area (Å²) in [6.45, 7) is 0. The highest BCUT2D eigenvalue weighted by atomic mass is 16.4. The fourth-order valence-electron chi connectivity index (χ4n) is 2.31.